The lowest BCUT2D eigenvalue weighted by atomic mass is 9.77. The van der Waals surface area contributed by atoms with Crippen LogP contribution >= 0.6 is 11.6 Å². The highest BCUT2D eigenvalue weighted by Crippen LogP contribution is 2.39. The van der Waals surface area contributed by atoms with Gasteiger partial charge in [0.2, 0.25) is 5.91 Å². The van der Waals surface area contributed by atoms with E-state index in [0.29, 0.717) is 24.4 Å². The van der Waals surface area contributed by atoms with E-state index < -0.39 is 17.2 Å². The van der Waals surface area contributed by atoms with Gasteiger partial charge in [0.25, 0.3) is 0 Å². The number of likely N-dealkylation sites (tertiary alicyclic amines) is 1. The second-order valence-corrected chi connectivity index (χ2v) is 10.6. The molecule has 32 heavy (non-hydrogen) atoms. The van der Waals surface area contributed by atoms with Gasteiger partial charge in [0.15, 0.2) is 0 Å². The number of nitrogens with zero attached hydrogens (tertiary/aromatic N) is 1. The summed E-state index contributed by atoms with van der Waals surface area (Å²) in [6.07, 6.45) is 1.05. The molecule has 2 heterocycles. The van der Waals surface area contributed by atoms with Gasteiger partial charge in [-0.2, -0.15) is 0 Å². The van der Waals surface area contributed by atoms with Crippen LogP contribution in [-0.2, 0) is 9.53 Å². The Morgan fingerprint density at radius 2 is 1.91 bits per heavy atom. The van der Waals surface area contributed by atoms with Gasteiger partial charge in [-0.15, -0.1) is 0 Å². The molecule has 0 saturated carbocycles. The summed E-state index contributed by atoms with van der Waals surface area (Å²) in [6, 6.07) is 6.17. The number of ether oxygens (including phenoxy) is 1. The average molecular weight is 465 g/mol. The molecule has 2 aliphatic heterocycles. The second kappa shape index (κ2) is 9.17. The number of amides is 4. The number of carbonyl (C=O) groups is 3. The van der Waals surface area contributed by atoms with E-state index in [1.807, 2.05) is 46.8 Å². The lowest BCUT2D eigenvalue weighted by Crippen LogP contribution is -2.56. The summed E-state index contributed by atoms with van der Waals surface area (Å²) in [4.78, 5) is 38.9. The van der Waals surface area contributed by atoms with Crippen molar-refractivity contribution in [2.45, 2.75) is 70.7 Å². The van der Waals surface area contributed by atoms with Gasteiger partial charge in [0, 0.05) is 23.7 Å². The fraction of sp³-hybridized carbons (Fsp3) is 0.609. The Morgan fingerprint density at radius 3 is 2.44 bits per heavy atom. The summed E-state index contributed by atoms with van der Waals surface area (Å²) < 4.78 is 5.60. The number of rotatable bonds is 4. The quantitative estimate of drug-likeness (QED) is 0.633. The summed E-state index contributed by atoms with van der Waals surface area (Å²) in [6.45, 7) is 10.4. The van der Waals surface area contributed by atoms with E-state index in [1.165, 1.54) is 0 Å². The zero-order valence-electron chi connectivity index (χ0n) is 19.3. The molecule has 0 aliphatic carbocycles. The third-order valence-electron chi connectivity index (χ3n) is 5.92. The topological polar surface area (TPSA) is 99.8 Å². The van der Waals surface area contributed by atoms with Crippen molar-refractivity contribution < 1.29 is 19.1 Å². The van der Waals surface area contributed by atoms with Crippen LogP contribution < -0.4 is 16.0 Å². The number of benzene rings is 1. The molecule has 0 aromatic heterocycles. The third-order valence-corrected chi connectivity index (χ3v) is 6.17. The predicted octanol–water partition coefficient (Wildman–Crippen LogP) is 3.60. The molecule has 8 nitrogen and oxygen atoms in total. The molecule has 1 aromatic carbocycles. The van der Waals surface area contributed by atoms with E-state index in [-0.39, 0.29) is 36.5 Å². The maximum absolute atomic E-state index is 12.9. The first-order valence-corrected chi connectivity index (χ1v) is 11.3. The summed E-state index contributed by atoms with van der Waals surface area (Å²) in [7, 11) is 0. The Morgan fingerprint density at radius 1 is 1.25 bits per heavy atom. The first kappa shape index (κ1) is 24.2. The number of urea groups is 1. The highest BCUT2D eigenvalue weighted by atomic mass is 35.5. The minimum atomic E-state index is -0.618. The van der Waals surface area contributed by atoms with E-state index >= 15 is 0 Å². The van der Waals surface area contributed by atoms with Crippen LogP contribution in [-0.4, -0.2) is 53.2 Å². The number of carbonyl (C=O) groups excluding carboxylic acids is 3. The summed E-state index contributed by atoms with van der Waals surface area (Å²) in [5.74, 6) is -0.158. The van der Waals surface area contributed by atoms with Crippen LogP contribution in [0.5, 0.6) is 0 Å². The molecule has 0 bridgehead atoms. The molecule has 176 valence electrons. The first-order valence-electron chi connectivity index (χ1n) is 11.0. The average Bonchev–Trinajstić information content (AvgIpc) is 3.11. The molecule has 2 fully saturated rings. The third kappa shape index (κ3) is 5.85. The summed E-state index contributed by atoms with van der Waals surface area (Å²) in [5, 5.41) is 8.99. The maximum Gasteiger partial charge on any atom is 0.410 e. The molecule has 2 aliphatic rings. The van der Waals surface area contributed by atoms with Crippen LogP contribution in [0.4, 0.5) is 9.59 Å². The predicted molar refractivity (Wildman–Crippen MR) is 122 cm³/mol. The van der Waals surface area contributed by atoms with E-state index in [9.17, 15) is 14.4 Å². The fourth-order valence-electron chi connectivity index (χ4n) is 4.40. The lowest BCUT2D eigenvalue weighted by Gasteiger charge is -2.47. The van der Waals surface area contributed by atoms with Gasteiger partial charge in [0.1, 0.15) is 11.6 Å². The van der Waals surface area contributed by atoms with E-state index in [2.05, 4.69) is 16.0 Å². The molecule has 2 saturated heterocycles. The Balaban J connectivity index is 1.79. The van der Waals surface area contributed by atoms with Gasteiger partial charge in [0.05, 0.1) is 6.04 Å². The van der Waals surface area contributed by atoms with E-state index in [4.69, 9.17) is 16.3 Å². The molecule has 4 amide bonds. The van der Waals surface area contributed by atoms with Gasteiger partial charge >= 0.3 is 12.1 Å². The van der Waals surface area contributed by atoms with Gasteiger partial charge in [-0.05, 0) is 71.1 Å². The lowest BCUT2D eigenvalue weighted by molar-refractivity contribution is -0.124. The highest BCUT2D eigenvalue weighted by molar-refractivity contribution is 6.30. The van der Waals surface area contributed by atoms with Crippen molar-refractivity contribution in [3.05, 3.63) is 34.9 Å². The molecule has 2 unspecified atom stereocenters. The fourth-order valence-corrected chi connectivity index (χ4v) is 4.53. The van der Waals surface area contributed by atoms with Crippen LogP contribution in [0.25, 0.3) is 0 Å². The zero-order chi connectivity index (χ0) is 23.7. The van der Waals surface area contributed by atoms with E-state index in [0.717, 1.165) is 5.56 Å². The van der Waals surface area contributed by atoms with Crippen molar-refractivity contribution in [2.24, 2.45) is 5.92 Å². The van der Waals surface area contributed by atoms with Crippen molar-refractivity contribution in [3.8, 4) is 0 Å². The summed E-state index contributed by atoms with van der Waals surface area (Å²) >= 11 is 6.08. The van der Waals surface area contributed by atoms with Crippen LogP contribution in [0.1, 0.15) is 59.1 Å². The van der Waals surface area contributed by atoms with E-state index in [1.54, 1.807) is 17.0 Å². The Kier molecular flexibility index (Phi) is 6.93. The number of halogens is 1. The monoisotopic (exact) mass is 464 g/mol. The minimum Gasteiger partial charge on any atom is -0.444 e. The number of piperidine rings is 1. The van der Waals surface area contributed by atoms with Gasteiger partial charge in [-0.25, -0.2) is 9.59 Å². The number of nitrogens with one attached hydrogen (secondary N) is 3. The molecule has 3 atom stereocenters. The number of hydrogen-bond acceptors (Lipinski definition) is 4. The largest absolute Gasteiger partial charge is 0.444 e. The Bertz CT molecular complexity index is 866. The molecule has 0 spiro atoms. The minimum absolute atomic E-state index is 0.0823. The molecular weight excluding hydrogens is 432 g/mol. The number of hydrogen-bond donors (Lipinski definition) is 3. The summed E-state index contributed by atoms with van der Waals surface area (Å²) in [5.41, 5.74) is -0.0839. The highest BCUT2D eigenvalue weighted by Gasteiger charge is 2.43. The van der Waals surface area contributed by atoms with Crippen molar-refractivity contribution in [2.75, 3.05) is 13.1 Å². The smallest absolute Gasteiger partial charge is 0.410 e. The molecule has 1 aromatic rings. The first-order chi connectivity index (χ1) is 14.9. The Labute approximate surface area is 194 Å². The van der Waals surface area contributed by atoms with Crippen LogP contribution in [0, 0.1) is 5.92 Å². The van der Waals surface area contributed by atoms with Gasteiger partial charge < -0.3 is 25.6 Å². The van der Waals surface area contributed by atoms with Crippen LogP contribution in [0.2, 0.25) is 5.02 Å². The second-order valence-electron chi connectivity index (χ2n) is 10.1. The normalized spacial score (nSPS) is 23.7. The van der Waals surface area contributed by atoms with Crippen molar-refractivity contribution >= 4 is 29.6 Å². The maximum atomic E-state index is 12.9. The van der Waals surface area contributed by atoms with Gasteiger partial charge in [-0.1, -0.05) is 23.7 Å². The molecule has 9 heteroatoms. The van der Waals surface area contributed by atoms with Crippen LogP contribution in [0.15, 0.2) is 24.3 Å². The van der Waals surface area contributed by atoms with Crippen molar-refractivity contribution in [3.63, 3.8) is 0 Å². The van der Waals surface area contributed by atoms with Crippen molar-refractivity contribution in [1.29, 1.82) is 0 Å². The van der Waals surface area contributed by atoms with Crippen LogP contribution in [0.3, 0.4) is 0 Å². The Hall–Kier alpha value is -2.48. The molecule has 3 rings (SSSR count). The SMILES string of the molecule is CC(C)(C)OC(=O)N1CCC(C(NC(=O)[C@@H]2CNC(=O)N2)c2ccc(Cl)cc2)CC1(C)C. The van der Waals surface area contributed by atoms with Gasteiger partial charge in [-0.3, -0.25) is 4.79 Å². The molecule has 3 N–H and O–H groups in total. The molecular formula is C23H33ClN4O4. The standard InChI is InChI=1S/C23H33ClN4O4/c1-22(2,3)32-21(31)28-11-10-15(12-23(28,4)5)18(14-6-8-16(24)9-7-14)27-19(29)17-13-25-20(30)26-17/h6-9,15,17-18H,10-13H2,1-5H3,(H,27,29)(H2,25,26,30)/t15?,17-,18?/m0/s1. The zero-order valence-corrected chi connectivity index (χ0v) is 20.1. The molecule has 0 radical (unpaired) electrons. The van der Waals surface area contributed by atoms with Crippen molar-refractivity contribution in [1.82, 2.24) is 20.9 Å².